The molecule has 0 saturated carbocycles. The highest BCUT2D eigenvalue weighted by molar-refractivity contribution is 5.93. The number of nitrogens with one attached hydrogen (secondary N) is 2. The number of carbonyl (C=O) groups excluding carboxylic acids is 1. The summed E-state index contributed by atoms with van der Waals surface area (Å²) in [7, 11) is 0. The van der Waals surface area contributed by atoms with Gasteiger partial charge >= 0.3 is 0 Å². The number of carbonyl (C=O) groups is 1. The lowest BCUT2D eigenvalue weighted by Crippen LogP contribution is -2.16. The molecule has 1 aromatic carbocycles. The number of aromatic nitrogens is 2. The van der Waals surface area contributed by atoms with Crippen LogP contribution in [0.1, 0.15) is 26.2 Å². The average Bonchev–Trinajstić information content (AvgIpc) is 2.75. The summed E-state index contributed by atoms with van der Waals surface area (Å²) in [4.78, 5) is 11.7. The van der Waals surface area contributed by atoms with Gasteiger partial charge in [-0.1, -0.05) is 0 Å². The van der Waals surface area contributed by atoms with Crippen LogP contribution in [0, 0.1) is 0 Å². The van der Waals surface area contributed by atoms with E-state index in [4.69, 9.17) is 5.73 Å². The third-order valence-electron chi connectivity index (χ3n) is 2.79. The van der Waals surface area contributed by atoms with E-state index in [-0.39, 0.29) is 11.9 Å². The van der Waals surface area contributed by atoms with Crippen LogP contribution in [0.2, 0.25) is 0 Å². The standard InChI is InChI=1S/C13H18N4O/c1-9(14)3-2-4-13(18)16-11-5-6-12-10(7-11)8-15-17-12/h5-9H,2-4,14H2,1H3,(H,15,17)(H,16,18). The van der Waals surface area contributed by atoms with Crippen LogP contribution in [0.5, 0.6) is 0 Å². The third kappa shape index (κ3) is 3.30. The Balaban J connectivity index is 1.90. The molecule has 0 saturated heterocycles. The Kier molecular flexibility index (Phi) is 3.94. The van der Waals surface area contributed by atoms with Crippen LogP contribution in [-0.4, -0.2) is 22.1 Å². The van der Waals surface area contributed by atoms with Gasteiger partial charge in [0.25, 0.3) is 0 Å². The molecule has 0 radical (unpaired) electrons. The first-order valence-electron chi connectivity index (χ1n) is 6.14. The molecule has 0 aliphatic rings. The van der Waals surface area contributed by atoms with Crippen molar-refractivity contribution in [3.8, 4) is 0 Å². The maximum atomic E-state index is 11.7. The molecule has 0 bridgehead atoms. The lowest BCUT2D eigenvalue weighted by Gasteiger charge is -2.06. The SMILES string of the molecule is CC(N)CCCC(=O)Nc1ccc2[nH]ncc2c1. The quantitative estimate of drug-likeness (QED) is 0.754. The first-order chi connectivity index (χ1) is 8.65. The topological polar surface area (TPSA) is 83.8 Å². The molecular weight excluding hydrogens is 228 g/mol. The van der Waals surface area contributed by atoms with Gasteiger partial charge in [0.2, 0.25) is 5.91 Å². The van der Waals surface area contributed by atoms with Crippen LogP contribution >= 0.6 is 0 Å². The molecule has 1 amide bonds. The van der Waals surface area contributed by atoms with Gasteiger partial charge in [0.1, 0.15) is 0 Å². The Morgan fingerprint density at radius 3 is 3.17 bits per heavy atom. The smallest absolute Gasteiger partial charge is 0.224 e. The first-order valence-corrected chi connectivity index (χ1v) is 6.14. The predicted molar refractivity (Wildman–Crippen MR) is 72.2 cm³/mol. The second kappa shape index (κ2) is 5.64. The molecule has 0 spiro atoms. The summed E-state index contributed by atoms with van der Waals surface area (Å²) in [5.41, 5.74) is 7.40. The maximum Gasteiger partial charge on any atom is 0.224 e. The van der Waals surface area contributed by atoms with E-state index < -0.39 is 0 Å². The van der Waals surface area contributed by atoms with E-state index in [1.165, 1.54) is 0 Å². The highest BCUT2D eigenvalue weighted by Crippen LogP contribution is 2.17. The van der Waals surface area contributed by atoms with Gasteiger partial charge in [0.05, 0.1) is 11.7 Å². The summed E-state index contributed by atoms with van der Waals surface area (Å²) in [6, 6.07) is 5.83. The summed E-state index contributed by atoms with van der Waals surface area (Å²) in [5.74, 6) is 0.0264. The molecule has 1 unspecified atom stereocenters. The summed E-state index contributed by atoms with van der Waals surface area (Å²) >= 11 is 0. The van der Waals surface area contributed by atoms with E-state index in [0.29, 0.717) is 6.42 Å². The fourth-order valence-electron chi connectivity index (χ4n) is 1.83. The number of hydrogen-bond acceptors (Lipinski definition) is 3. The minimum Gasteiger partial charge on any atom is -0.328 e. The van der Waals surface area contributed by atoms with Gasteiger partial charge in [0.15, 0.2) is 0 Å². The number of benzene rings is 1. The van der Waals surface area contributed by atoms with E-state index in [0.717, 1.165) is 29.4 Å². The number of hydrogen-bond donors (Lipinski definition) is 3. The molecule has 2 rings (SSSR count). The summed E-state index contributed by atoms with van der Waals surface area (Å²) in [5, 5.41) is 10.7. The fourth-order valence-corrected chi connectivity index (χ4v) is 1.83. The summed E-state index contributed by atoms with van der Waals surface area (Å²) < 4.78 is 0. The third-order valence-corrected chi connectivity index (χ3v) is 2.79. The van der Waals surface area contributed by atoms with Crippen molar-refractivity contribution >= 4 is 22.5 Å². The zero-order valence-corrected chi connectivity index (χ0v) is 10.4. The number of rotatable bonds is 5. The highest BCUT2D eigenvalue weighted by Gasteiger charge is 2.04. The van der Waals surface area contributed by atoms with Crippen molar-refractivity contribution < 1.29 is 4.79 Å². The van der Waals surface area contributed by atoms with Crippen molar-refractivity contribution in [1.29, 1.82) is 0 Å². The molecule has 96 valence electrons. The van der Waals surface area contributed by atoms with Crippen LogP contribution in [0.15, 0.2) is 24.4 Å². The lowest BCUT2D eigenvalue weighted by molar-refractivity contribution is -0.116. The van der Waals surface area contributed by atoms with E-state index in [9.17, 15) is 4.79 Å². The van der Waals surface area contributed by atoms with Crippen molar-refractivity contribution in [3.05, 3.63) is 24.4 Å². The monoisotopic (exact) mass is 246 g/mol. The molecule has 2 aromatic rings. The summed E-state index contributed by atoms with van der Waals surface area (Å²) in [6.07, 6.45) is 3.93. The molecule has 0 fully saturated rings. The normalized spacial score (nSPS) is 12.6. The molecular formula is C13H18N4O. The molecule has 1 aromatic heterocycles. The summed E-state index contributed by atoms with van der Waals surface area (Å²) in [6.45, 7) is 1.95. The van der Waals surface area contributed by atoms with Gasteiger partial charge in [-0.25, -0.2) is 0 Å². The first kappa shape index (κ1) is 12.6. The van der Waals surface area contributed by atoms with Crippen LogP contribution in [0.3, 0.4) is 0 Å². The van der Waals surface area contributed by atoms with Crippen molar-refractivity contribution in [2.45, 2.75) is 32.2 Å². The minimum atomic E-state index is 0.0264. The molecule has 5 nitrogen and oxygen atoms in total. The van der Waals surface area contributed by atoms with Crippen molar-refractivity contribution in [3.63, 3.8) is 0 Å². The van der Waals surface area contributed by atoms with E-state index in [1.54, 1.807) is 6.20 Å². The van der Waals surface area contributed by atoms with Gasteiger partial charge < -0.3 is 11.1 Å². The van der Waals surface area contributed by atoms with Crippen LogP contribution < -0.4 is 11.1 Å². The second-order valence-electron chi connectivity index (χ2n) is 4.59. The van der Waals surface area contributed by atoms with Gasteiger partial charge in [-0.2, -0.15) is 5.10 Å². The maximum absolute atomic E-state index is 11.7. The predicted octanol–water partition coefficient (Wildman–Crippen LogP) is 2.02. The molecule has 0 aliphatic carbocycles. The van der Waals surface area contributed by atoms with Gasteiger partial charge in [-0.05, 0) is 38.0 Å². The van der Waals surface area contributed by atoms with E-state index in [2.05, 4.69) is 15.5 Å². The number of anilines is 1. The Labute approximate surface area is 106 Å². The van der Waals surface area contributed by atoms with Crippen LogP contribution in [0.25, 0.3) is 10.9 Å². The number of fused-ring (bicyclic) bond motifs is 1. The second-order valence-corrected chi connectivity index (χ2v) is 4.59. The van der Waals surface area contributed by atoms with Crippen molar-refractivity contribution in [1.82, 2.24) is 10.2 Å². The number of nitrogens with zero attached hydrogens (tertiary/aromatic N) is 1. The van der Waals surface area contributed by atoms with E-state index >= 15 is 0 Å². The minimum absolute atomic E-state index is 0.0264. The molecule has 4 N–H and O–H groups in total. The van der Waals surface area contributed by atoms with Gasteiger partial charge in [-0.15, -0.1) is 0 Å². The average molecular weight is 246 g/mol. The number of aromatic amines is 1. The fraction of sp³-hybridized carbons (Fsp3) is 0.385. The van der Waals surface area contributed by atoms with Gasteiger partial charge in [0, 0.05) is 23.5 Å². The van der Waals surface area contributed by atoms with Crippen LogP contribution in [0.4, 0.5) is 5.69 Å². The molecule has 18 heavy (non-hydrogen) atoms. The van der Waals surface area contributed by atoms with Crippen molar-refractivity contribution in [2.75, 3.05) is 5.32 Å². The Bertz CT molecular complexity index is 533. The molecule has 0 aliphatic heterocycles. The zero-order chi connectivity index (χ0) is 13.0. The van der Waals surface area contributed by atoms with E-state index in [1.807, 2.05) is 25.1 Å². The largest absolute Gasteiger partial charge is 0.328 e. The highest BCUT2D eigenvalue weighted by atomic mass is 16.1. The Morgan fingerprint density at radius 1 is 1.56 bits per heavy atom. The number of nitrogens with two attached hydrogens (primary N) is 1. The number of amides is 1. The Hall–Kier alpha value is -1.88. The number of H-pyrrole nitrogens is 1. The molecule has 1 heterocycles. The van der Waals surface area contributed by atoms with Crippen LogP contribution in [-0.2, 0) is 4.79 Å². The van der Waals surface area contributed by atoms with Gasteiger partial charge in [-0.3, -0.25) is 9.89 Å². The Morgan fingerprint density at radius 2 is 2.39 bits per heavy atom. The van der Waals surface area contributed by atoms with Crippen molar-refractivity contribution in [2.24, 2.45) is 5.73 Å². The lowest BCUT2D eigenvalue weighted by atomic mass is 10.1. The molecule has 5 heteroatoms. The zero-order valence-electron chi connectivity index (χ0n) is 10.4. The molecule has 1 atom stereocenters.